The fourth-order valence-electron chi connectivity index (χ4n) is 8.19. The first-order chi connectivity index (χ1) is 24.6. The highest BCUT2D eigenvalue weighted by molar-refractivity contribution is 5.83. The van der Waals surface area contributed by atoms with Gasteiger partial charge in [-0.3, -0.25) is 14.6 Å². The van der Waals surface area contributed by atoms with Crippen LogP contribution in [0.1, 0.15) is 51.7 Å². The van der Waals surface area contributed by atoms with E-state index in [1.807, 2.05) is 39.0 Å². The van der Waals surface area contributed by atoms with Crippen molar-refractivity contribution in [1.29, 1.82) is 0 Å². The number of hydrogen-bond acceptors (Lipinski definition) is 12. The number of rotatable bonds is 11. The van der Waals surface area contributed by atoms with Crippen LogP contribution in [0.25, 0.3) is 11.3 Å². The van der Waals surface area contributed by atoms with Crippen LogP contribution in [-0.4, -0.2) is 130 Å². The molecule has 3 saturated heterocycles. The Morgan fingerprint density at radius 3 is 2.55 bits per heavy atom. The van der Waals surface area contributed by atoms with Gasteiger partial charge in [0.15, 0.2) is 11.6 Å². The van der Waals surface area contributed by atoms with E-state index in [0.29, 0.717) is 61.0 Å². The van der Waals surface area contributed by atoms with Gasteiger partial charge in [0, 0.05) is 69.7 Å². The van der Waals surface area contributed by atoms with Crippen molar-refractivity contribution >= 4 is 17.4 Å². The van der Waals surface area contributed by atoms with Crippen molar-refractivity contribution < 1.29 is 24.3 Å². The lowest BCUT2D eigenvalue weighted by Gasteiger charge is -2.49. The Balaban J connectivity index is 0.884. The third-order valence-corrected chi connectivity index (χ3v) is 11.0. The minimum absolute atomic E-state index is 0.0268. The molecule has 6 heterocycles. The van der Waals surface area contributed by atoms with Gasteiger partial charge in [0.25, 0.3) is 5.88 Å². The van der Waals surface area contributed by atoms with Crippen molar-refractivity contribution in [3.05, 3.63) is 54.4 Å². The van der Waals surface area contributed by atoms with Crippen LogP contribution in [-0.2, 0) is 4.79 Å². The SMILES string of the molecule is C=C(C)N1CC2CN(CC3CCN(CCOc4cc([C@H](C(=O)N5CCC(O)C5)C(C)C)on4)CC3)CCN2c2cc(-c3ccccc3O)nnc21. The quantitative estimate of drug-likeness (QED) is 0.301. The number of phenolic OH excluding ortho intramolecular Hbond substituents is 1. The summed E-state index contributed by atoms with van der Waals surface area (Å²) >= 11 is 0. The lowest BCUT2D eigenvalue weighted by Crippen LogP contribution is -2.60. The number of para-hydroxylation sites is 1. The number of aliphatic hydroxyl groups is 1. The van der Waals surface area contributed by atoms with Crippen LogP contribution in [0.15, 0.2) is 53.2 Å². The number of likely N-dealkylation sites (tertiary alicyclic amines) is 2. The lowest BCUT2D eigenvalue weighted by atomic mass is 9.92. The molecule has 0 radical (unpaired) electrons. The maximum absolute atomic E-state index is 13.2. The van der Waals surface area contributed by atoms with Crippen LogP contribution in [0.4, 0.5) is 11.5 Å². The number of nitrogens with zero attached hydrogens (tertiary/aromatic N) is 8. The minimum Gasteiger partial charge on any atom is -0.507 e. The highest BCUT2D eigenvalue weighted by atomic mass is 16.5. The number of benzene rings is 1. The van der Waals surface area contributed by atoms with Gasteiger partial charge in [0.1, 0.15) is 18.3 Å². The molecule has 2 N–H and O–H groups in total. The van der Waals surface area contributed by atoms with Crippen LogP contribution in [0.3, 0.4) is 0 Å². The molecule has 3 aromatic rings. The number of anilines is 2. The van der Waals surface area contributed by atoms with E-state index in [2.05, 4.69) is 47.6 Å². The Hall–Kier alpha value is -4.20. The van der Waals surface area contributed by atoms with E-state index in [4.69, 9.17) is 9.26 Å². The van der Waals surface area contributed by atoms with Crippen molar-refractivity contribution in [3.63, 3.8) is 0 Å². The number of phenols is 1. The van der Waals surface area contributed by atoms with Gasteiger partial charge in [-0.05, 0) is 74.5 Å². The van der Waals surface area contributed by atoms with Crippen LogP contribution >= 0.6 is 0 Å². The monoisotopic (exact) mass is 700 g/mol. The molecule has 0 aliphatic carbocycles. The molecule has 7 rings (SSSR count). The molecule has 4 aliphatic rings. The standard InChI is InChI=1S/C38H52N8O5/c1-25(2)36(38(49)44-14-11-29(47)24-44)34-20-35(41-51-34)50-18-17-42-12-9-27(10-13-42)21-43-15-16-45-28(22-43)23-46(26(3)4)37-32(45)19-31(39-40-37)30-7-5-6-8-33(30)48/h5-8,19-20,25,27-29,36,47-48H,3,9-18,21-24H2,1-2,4H3/t28?,29?,36-/m1/s1. The highest BCUT2D eigenvalue weighted by Gasteiger charge is 2.38. The average molecular weight is 701 g/mol. The number of aliphatic hydroxyl groups excluding tert-OH is 1. The fraction of sp³-hybridized carbons (Fsp3) is 0.579. The largest absolute Gasteiger partial charge is 0.507 e. The Kier molecular flexibility index (Phi) is 10.5. The third kappa shape index (κ3) is 7.70. The first kappa shape index (κ1) is 35.2. The molecule has 1 amide bonds. The van der Waals surface area contributed by atoms with Gasteiger partial charge in [-0.2, -0.15) is 0 Å². The molecule has 0 bridgehead atoms. The number of hydrogen-bond donors (Lipinski definition) is 2. The second-order valence-electron chi connectivity index (χ2n) is 15.1. The predicted molar refractivity (Wildman–Crippen MR) is 195 cm³/mol. The maximum atomic E-state index is 13.2. The number of aromatic nitrogens is 3. The third-order valence-electron chi connectivity index (χ3n) is 11.0. The zero-order chi connectivity index (χ0) is 35.6. The Morgan fingerprint density at radius 2 is 1.82 bits per heavy atom. The molecule has 13 nitrogen and oxygen atoms in total. The average Bonchev–Trinajstić information content (AvgIpc) is 3.77. The summed E-state index contributed by atoms with van der Waals surface area (Å²) in [5.74, 6) is 2.18. The van der Waals surface area contributed by atoms with Gasteiger partial charge in [0.05, 0.1) is 23.5 Å². The molecule has 2 aromatic heterocycles. The van der Waals surface area contributed by atoms with Gasteiger partial charge in [-0.15, -0.1) is 10.2 Å². The number of β-amino-alcohol motifs (C(OH)–C–C–N with tert-alkyl or cyclic N) is 1. The van der Waals surface area contributed by atoms with E-state index >= 15 is 0 Å². The second-order valence-corrected chi connectivity index (χ2v) is 15.1. The normalized spacial score (nSPS) is 22.3. The van der Waals surface area contributed by atoms with Crippen molar-refractivity contribution in [1.82, 2.24) is 30.1 Å². The van der Waals surface area contributed by atoms with Crippen molar-refractivity contribution in [2.24, 2.45) is 11.8 Å². The van der Waals surface area contributed by atoms with Crippen LogP contribution in [0.5, 0.6) is 11.6 Å². The molecule has 2 unspecified atom stereocenters. The van der Waals surface area contributed by atoms with Gasteiger partial charge in [-0.1, -0.05) is 32.6 Å². The Morgan fingerprint density at radius 1 is 1.02 bits per heavy atom. The first-order valence-corrected chi connectivity index (χ1v) is 18.5. The van der Waals surface area contributed by atoms with E-state index in [1.165, 1.54) is 0 Å². The number of carbonyl (C=O) groups excluding carboxylic acids is 1. The molecule has 13 heteroatoms. The van der Waals surface area contributed by atoms with Crippen LogP contribution < -0.4 is 14.5 Å². The van der Waals surface area contributed by atoms with E-state index in [0.717, 1.165) is 82.4 Å². The maximum Gasteiger partial charge on any atom is 0.254 e. The molecule has 3 fully saturated rings. The first-order valence-electron chi connectivity index (χ1n) is 18.5. The van der Waals surface area contributed by atoms with Gasteiger partial charge in [-0.25, -0.2) is 0 Å². The Bertz CT molecular complexity index is 1690. The zero-order valence-electron chi connectivity index (χ0n) is 30.2. The second kappa shape index (κ2) is 15.2. The summed E-state index contributed by atoms with van der Waals surface area (Å²) in [5.41, 5.74) is 3.36. The molecule has 0 saturated carbocycles. The van der Waals surface area contributed by atoms with E-state index in [9.17, 15) is 15.0 Å². The number of aromatic hydroxyl groups is 1. The minimum atomic E-state index is -0.455. The number of fused-ring (bicyclic) bond motifs is 3. The van der Waals surface area contributed by atoms with E-state index < -0.39 is 12.0 Å². The number of ether oxygens (including phenoxy) is 1. The fourth-order valence-corrected chi connectivity index (χ4v) is 8.19. The number of allylic oxidation sites excluding steroid dienone is 1. The van der Waals surface area contributed by atoms with Gasteiger partial charge < -0.3 is 34.2 Å². The van der Waals surface area contributed by atoms with E-state index in [1.54, 1.807) is 17.0 Å². The summed E-state index contributed by atoms with van der Waals surface area (Å²) in [6.45, 7) is 19.4. The molecule has 274 valence electrons. The predicted octanol–water partition coefficient (Wildman–Crippen LogP) is 3.81. The number of carbonyl (C=O) groups is 1. The molecule has 51 heavy (non-hydrogen) atoms. The van der Waals surface area contributed by atoms with E-state index in [-0.39, 0.29) is 17.6 Å². The summed E-state index contributed by atoms with van der Waals surface area (Å²) < 4.78 is 11.6. The highest BCUT2D eigenvalue weighted by Crippen LogP contribution is 2.40. The lowest BCUT2D eigenvalue weighted by molar-refractivity contribution is -0.133. The smallest absolute Gasteiger partial charge is 0.254 e. The van der Waals surface area contributed by atoms with Crippen molar-refractivity contribution in [2.75, 3.05) is 81.9 Å². The van der Waals surface area contributed by atoms with Gasteiger partial charge in [0.2, 0.25) is 5.91 Å². The molecular weight excluding hydrogens is 648 g/mol. The summed E-state index contributed by atoms with van der Waals surface area (Å²) in [6.07, 6.45) is 2.47. The van der Waals surface area contributed by atoms with Crippen molar-refractivity contribution in [3.8, 4) is 22.9 Å². The summed E-state index contributed by atoms with van der Waals surface area (Å²) in [4.78, 5) is 24.7. The molecular formula is C38H52N8O5. The Labute approximate surface area is 300 Å². The molecule has 4 aliphatic heterocycles. The van der Waals surface area contributed by atoms with Crippen LogP contribution in [0, 0.1) is 11.8 Å². The summed E-state index contributed by atoms with van der Waals surface area (Å²) in [6, 6.07) is 11.4. The zero-order valence-corrected chi connectivity index (χ0v) is 30.2. The number of piperazine rings is 1. The molecule has 3 atom stereocenters. The molecule has 0 spiro atoms. The van der Waals surface area contributed by atoms with Crippen LogP contribution in [0.2, 0.25) is 0 Å². The number of amides is 1. The molecule has 1 aromatic carbocycles. The number of piperidine rings is 1. The topological polar surface area (TPSA) is 135 Å². The summed E-state index contributed by atoms with van der Waals surface area (Å²) in [7, 11) is 0. The van der Waals surface area contributed by atoms with Crippen molar-refractivity contribution in [2.45, 2.75) is 58.1 Å². The summed E-state index contributed by atoms with van der Waals surface area (Å²) in [5, 5.41) is 33.6. The van der Waals surface area contributed by atoms with Gasteiger partial charge >= 0.3 is 0 Å².